The van der Waals surface area contributed by atoms with Gasteiger partial charge in [-0.25, -0.2) is 10.8 Å². The van der Waals surface area contributed by atoms with Gasteiger partial charge in [0, 0.05) is 18.4 Å². The highest BCUT2D eigenvalue weighted by molar-refractivity contribution is 5.95. The molecule has 1 aromatic heterocycles. The Morgan fingerprint density at radius 2 is 2.19 bits per heavy atom. The van der Waals surface area contributed by atoms with E-state index >= 15 is 0 Å². The lowest BCUT2D eigenvalue weighted by Gasteiger charge is -2.20. The minimum Gasteiger partial charge on any atom is -0.379 e. The Labute approximate surface area is 125 Å². The normalized spacial score (nSPS) is 21.6. The largest absolute Gasteiger partial charge is 0.379 e. The topological polar surface area (TPSA) is 89.3 Å². The third-order valence-electron chi connectivity index (χ3n) is 3.92. The molecule has 0 aliphatic heterocycles. The van der Waals surface area contributed by atoms with E-state index in [1.54, 1.807) is 13.2 Å². The molecule has 6 nitrogen and oxygen atoms in total. The fraction of sp³-hybridized carbons (Fsp3) is 0.600. The molecule has 2 unspecified atom stereocenters. The Morgan fingerprint density at radius 1 is 1.43 bits per heavy atom. The minimum absolute atomic E-state index is 0.0763. The lowest BCUT2D eigenvalue weighted by Crippen LogP contribution is -2.40. The molecule has 1 aliphatic rings. The van der Waals surface area contributed by atoms with Gasteiger partial charge in [-0.05, 0) is 37.3 Å². The van der Waals surface area contributed by atoms with Gasteiger partial charge in [-0.3, -0.25) is 4.79 Å². The number of aromatic nitrogens is 1. The molecule has 21 heavy (non-hydrogen) atoms. The van der Waals surface area contributed by atoms with Crippen LogP contribution in [0.15, 0.2) is 12.1 Å². The van der Waals surface area contributed by atoms with Crippen LogP contribution in [0.3, 0.4) is 0 Å². The van der Waals surface area contributed by atoms with Gasteiger partial charge in [0.15, 0.2) is 0 Å². The summed E-state index contributed by atoms with van der Waals surface area (Å²) in [5.74, 6) is 6.05. The fourth-order valence-corrected chi connectivity index (χ4v) is 2.68. The van der Waals surface area contributed by atoms with E-state index in [2.05, 4.69) is 15.7 Å². The Balaban J connectivity index is 2.16. The van der Waals surface area contributed by atoms with Crippen molar-refractivity contribution in [1.82, 2.24) is 10.3 Å². The molecule has 1 saturated carbocycles. The van der Waals surface area contributed by atoms with Gasteiger partial charge in [-0.15, -0.1) is 0 Å². The molecule has 1 fully saturated rings. The molecule has 116 valence electrons. The van der Waals surface area contributed by atoms with Crippen molar-refractivity contribution in [3.05, 3.63) is 23.4 Å². The van der Waals surface area contributed by atoms with Gasteiger partial charge in [0.05, 0.1) is 12.1 Å². The van der Waals surface area contributed by atoms with E-state index in [1.807, 2.05) is 19.9 Å². The van der Waals surface area contributed by atoms with E-state index in [-0.39, 0.29) is 24.0 Å². The summed E-state index contributed by atoms with van der Waals surface area (Å²) in [5.41, 5.74) is 3.93. The number of methoxy groups -OCH3 is 1. The molecule has 0 aromatic carbocycles. The third kappa shape index (κ3) is 3.71. The average molecular weight is 292 g/mol. The van der Waals surface area contributed by atoms with Gasteiger partial charge in [0.2, 0.25) is 0 Å². The van der Waals surface area contributed by atoms with Crippen LogP contribution < -0.4 is 16.6 Å². The number of ether oxygens (including phenoxy) is 1. The highest BCUT2D eigenvalue weighted by Crippen LogP contribution is 2.22. The molecule has 1 aromatic rings. The highest BCUT2D eigenvalue weighted by Gasteiger charge is 2.28. The number of hydrogen-bond acceptors (Lipinski definition) is 5. The van der Waals surface area contributed by atoms with Crippen molar-refractivity contribution in [3.63, 3.8) is 0 Å². The number of hydrazine groups is 1. The summed E-state index contributed by atoms with van der Waals surface area (Å²) >= 11 is 0. The number of anilines is 1. The summed E-state index contributed by atoms with van der Waals surface area (Å²) < 4.78 is 5.41. The number of nitrogens with two attached hydrogens (primary N) is 1. The first kappa shape index (κ1) is 15.7. The predicted octanol–water partition coefficient (Wildman–Crippen LogP) is 1.79. The first-order valence-corrected chi connectivity index (χ1v) is 7.37. The second kappa shape index (κ2) is 6.87. The zero-order chi connectivity index (χ0) is 15.4. The lowest BCUT2D eigenvalue weighted by molar-refractivity contribution is 0.0722. The van der Waals surface area contributed by atoms with E-state index < -0.39 is 0 Å². The van der Waals surface area contributed by atoms with E-state index in [4.69, 9.17) is 10.6 Å². The molecule has 1 aliphatic carbocycles. The smallest absolute Gasteiger partial charge is 0.251 e. The van der Waals surface area contributed by atoms with Crippen LogP contribution in [-0.4, -0.2) is 30.1 Å². The third-order valence-corrected chi connectivity index (χ3v) is 3.92. The van der Waals surface area contributed by atoms with Crippen LogP contribution in [0.25, 0.3) is 0 Å². The predicted molar refractivity (Wildman–Crippen MR) is 82.0 cm³/mol. The van der Waals surface area contributed by atoms with Crippen LogP contribution in [0.5, 0.6) is 0 Å². The molecule has 6 heteroatoms. The molecule has 1 heterocycles. The number of carbonyl (C=O) groups is 1. The molecule has 0 bridgehead atoms. The van der Waals surface area contributed by atoms with Gasteiger partial charge >= 0.3 is 0 Å². The maximum absolute atomic E-state index is 12.4. The maximum atomic E-state index is 12.4. The first-order chi connectivity index (χ1) is 10.0. The molecule has 2 rings (SSSR count). The number of pyridine rings is 1. The maximum Gasteiger partial charge on any atom is 0.251 e. The van der Waals surface area contributed by atoms with Crippen molar-refractivity contribution in [2.45, 2.75) is 51.2 Å². The molecular formula is C15H24N4O2. The molecule has 0 saturated heterocycles. The molecular weight excluding hydrogens is 268 g/mol. The number of amides is 1. The van der Waals surface area contributed by atoms with Gasteiger partial charge in [0.25, 0.3) is 5.91 Å². The standard InChI is InChI=1S/C15H24N4O2/c1-9(2)12-7-10(8-14(17-12)19-16)15(20)18-11-5-4-6-13(11)21-3/h7-9,11,13H,4-6,16H2,1-3H3,(H,17,19)(H,18,20). The van der Waals surface area contributed by atoms with E-state index in [9.17, 15) is 4.79 Å². The summed E-state index contributed by atoms with van der Waals surface area (Å²) in [6.07, 6.45) is 3.12. The summed E-state index contributed by atoms with van der Waals surface area (Å²) in [5, 5.41) is 3.05. The quantitative estimate of drug-likeness (QED) is 0.568. The summed E-state index contributed by atoms with van der Waals surface area (Å²) in [4.78, 5) is 16.8. The highest BCUT2D eigenvalue weighted by atomic mass is 16.5. The SMILES string of the molecule is COC1CCCC1NC(=O)c1cc(NN)nc(C(C)C)c1. The van der Waals surface area contributed by atoms with Gasteiger partial charge in [0.1, 0.15) is 5.82 Å². The van der Waals surface area contributed by atoms with Crippen molar-refractivity contribution in [1.29, 1.82) is 0 Å². The molecule has 0 radical (unpaired) electrons. The Morgan fingerprint density at radius 3 is 2.81 bits per heavy atom. The summed E-state index contributed by atoms with van der Waals surface area (Å²) in [7, 11) is 1.69. The van der Waals surface area contributed by atoms with E-state index in [0.29, 0.717) is 11.4 Å². The molecule has 2 atom stereocenters. The van der Waals surface area contributed by atoms with Crippen molar-refractivity contribution < 1.29 is 9.53 Å². The number of hydrogen-bond donors (Lipinski definition) is 3. The average Bonchev–Trinajstić information content (AvgIpc) is 2.93. The lowest BCUT2D eigenvalue weighted by atomic mass is 10.1. The Bertz CT molecular complexity index is 504. The van der Waals surface area contributed by atoms with Gasteiger partial charge < -0.3 is 15.5 Å². The number of rotatable bonds is 5. The summed E-state index contributed by atoms with van der Waals surface area (Å²) in [6.45, 7) is 4.06. The Hall–Kier alpha value is -1.66. The van der Waals surface area contributed by atoms with Crippen molar-refractivity contribution in [2.75, 3.05) is 12.5 Å². The summed E-state index contributed by atoms with van der Waals surface area (Å²) in [6, 6.07) is 3.56. The number of carbonyl (C=O) groups excluding carboxylic acids is 1. The van der Waals surface area contributed by atoms with Crippen LogP contribution in [0.2, 0.25) is 0 Å². The van der Waals surface area contributed by atoms with E-state index in [1.165, 1.54) is 0 Å². The zero-order valence-corrected chi connectivity index (χ0v) is 12.8. The van der Waals surface area contributed by atoms with Crippen LogP contribution >= 0.6 is 0 Å². The number of nitrogen functional groups attached to an aromatic ring is 1. The minimum atomic E-state index is -0.107. The van der Waals surface area contributed by atoms with Crippen LogP contribution in [0.4, 0.5) is 5.82 Å². The van der Waals surface area contributed by atoms with Crippen molar-refractivity contribution in [3.8, 4) is 0 Å². The first-order valence-electron chi connectivity index (χ1n) is 7.37. The van der Waals surface area contributed by atoms with Crippen LogP contribution in [0, 0.1) is 0 Å². The van der Waals surface area contributed by atoms with Crippen LogP contribution in [0.1, 0.15) is 55.1 Å². The second-order valence-corrected chi connectivity index (χ2v) is 5.75. The monoisotopic (exact) mass is 292 g/mol. The van der Waals surface area contributed by atoms with Crippen LogP contribution in [-0.2, 0) is 4.74 Å². The van der Waals surface area contributed by atoms with Gasteiger partial charge in [-0.2, -0.15) is 0 Å². The van der Waals surface area contributed by atoms with Gasteiger partial charge in [-0.1, -0.05) is 13.8 Å². The fourth-order valence-electron chi connectivity index (χ4n) is 2.68. The zero-order valence-electron chi connectivity index (χ0n) is 12.8. The molecule has 4 N–H and O–H groups in total. The number of nitrogens with one attached hydrogen (secondary N) is 2. The van der Waals surface area contributed by atoms with Crippen molar-refractivity contribution in [2.24, 2.45) is 5.84 Å². The number of nitrogens with zero attached hydrogens (tertiary/aromatic N) is 1. The van der Waals surface area contributed by atoms with E-state index in [0.717, 1.165) is 25.0 Å². The molecule has 0 spiro atoms. The molecule has 1 amide bonds. The second-order valence-electron chi connectivity index (χ2n) is 5.75. The Kier molecular flexibility index (Phi) is 5.14. The van der Waals surface area contributed by atoms with Crippen molar-refractivity contribution >= 4 is 11.7 Å².